The Bertz CT molecular complexity index is 243. The van der Waals surface area contributed by atoms with Crippen molar-refractivity contribution in [2.75, 3.05) is 32.6 Å². The molecule has 0 unspecified atom stereocenters. The number of amides is 1. The average Bonchev–Trinajstić information content (AvgIpc) is 2.98. The Morgan fingerprint density at radius 3 is 2.67 bits per heavy atom. The third-order valence-corrected chi connectivity index (χ3v) is 3.59. The average molecular weight is 231 g/mol. The zero-order valence-electron chi connectivity index (χ0n) is 9.29. The molecule has 0 N–H and O–H groups in total. The second-order valence-electron chi connectivity index (χ2n) is 4.83. The highest BCUT2D eigenvalue weighted by molar-refractivity contribution is 6.27. The fourth-order valence-corrected chi connectivity index (χ4v) is 2.52. The summed E-state index contributed by atoms with van der Waals surface area (Å²) in [7, 11) is 2.14. The van der Waals surface area contributed by atoms with Gasteiger partial charge in [0.05, 0.1) is 0 Å². The third kappa shape index (κ3) is 2.85. The molecule has 0 aromatic carbocycles. The second kappa shape index (κ2) is 4.71. The summed E-state index contributed by atoms with van der Waals surface area (Å²) in [4.78, 5) is 16.0. The van der Waals surface area contributed by atoms with Gasteiger partial charge in [0.1, 0.15) is 5.88 Å². The number of hydrogen-bond donors (Lipinski definition) is 0. The van der Waals surface area contributed by atoms with E-state index in [1.165, 1.54) is 19.3 Å². The lowest BCUT2D eigenvalue weighted by atomic mass is 10.1. The third-order valence-electron chi connectivity index (χ3n) is 3.37. The Morgan fingerprint density at radius 1 is 1.47 bits per heavy atom. The molecule has 0 aromatic rings. The minimum atomic E-state index is 0.119. The Balaban J connectivity index is 1.86. The summed E-state index contributed by atoms with van der Waals surface area (Å²) in [5.74, 6) is 0.912. The molecule has 0 bridgehead atoms. The highest BCUT2D eigenvalue weighted by Crippen LogP contribution is 2.29. The number of alkyl halides is 1. The van der Waals surface area contributed by atoms with Crippen LogP contribution in [0.3, 0.4) is 0 Å². The van der Waals surface area contributed by atoms with Crippen molar-refractivity contribution in [2.24, 2.45) is 5.92 Å². The van der Waals surface area contributed by atoms with Gasteiger partial charge in [0.2, 0.25) is 5.91 Å². The predicted octanol–water partition coefficient (Wildman–Crippen LogP) is 1.17. The van der Waals surface area contributed by atoms with Crippen molar-refractivity contribution >= 4 is 17.5 Å². The molecule has 2 aliphatic rings. The molecule has 3 nitrogen and oxygen atoms in total. The van der Waals surface area contributed by atoms with Crippen LogP contribution in [0.1, 0.15) is 19.3 Å². The normalized spacial score (nSPS) is 26.9. The van der Waals surface area contributed by atoms with Crippen LogP contribution < -0.4 is 0 Å². The first-order chi connectivity index (χ1) is 7.20. The van der Waals surface area contributed by atoms with Gasteiger partial charge in [-0.1, -0.05) is 0 Å². The molecule has 1 saturated carbocycles. The predicted molar refractivity (Wildman–Crippen MR) is 61.1 cm³/mol. The van der Waals surface area contributed by atoms with Crippen LogP contribution in [0.2, 0.25) is 0 Å². The van der Waals surface area contributed by atoms with E-state index in [2.05, 4.69) is 11.9 Å². The van der Waals surface area contributed by atoms with Crippen LogP contribution in [-0.4, -0.2) is 54.3 Å². The van der Waals surface area contributed by atoms with E-state index in [1.807, 2.05) is 4.90 Å². The summed E-state index contributed by atoms with van der Waals surface area (Å²) >= 11 is 5.63. The first kappa shape index (κ1) is 11.2. The van der Waals surface area contributed by atoms with Crippen molar-refractivity contribution in [3.63, 3.8) is 0 Å². The largest absolute Gasteiger partial charge is 0.338 e. The van der Waals surface area contributed by atoms with E-state index in [1.54, 1.807) is 0 Å². The van der Waals surface area contributed by atoms with Crippen LogP contribution in [0.4, 0.5) is 0 Å². The van der Waals surface area contributed by atoms with E-state index >= 15 is 0 Å². The van der Waals surface area contributed by atoms with Gasteiger partial charge in [0.15, 0.2) is 0 Å². The minimum absolute atomic E-state index is 0.119. The highest BCUT2D eigenvalue weighted by atomic mass is 35.5. The summed E-state index contributed by atoms with van der Waals surface area (Å²) in [6.45, 7) is 3.21. The van der Waals surface area contributed by atoms with Crippen LogP contribution >= 0.6 is 11.6 Å². The van der Waals surface area contributed by atoms with E-state index < -0.39 is 0 Å². The SMILES string of the molecule is CN1CC[C@@H](CN(C(=O)CCl)C2CC2)C1. The highest BCUT2D eigenvalue weighted by Gasteiger charge is 2.34. The Kier molecular flexibility index (Phi) is 3.52. The van der Waals surface area contributed by atoms with Gasteiger partial charge in [-0.3, -0.25) is 4.79 Å². The van der Waals surface area contributed by atoms with E-state index in [-0.39, 0.29) is 11.8 Å². The molecule has 1 saturated heterocycles. The van der Waals surface area contributed by atoms with Crippen LogP contribution in [0.25, 0.3) is 0 Å². The summed E-state index contributed by atoms with van der Waals surface area (Å²) in [5, 5.41) is 0. The van der Waals surface area contributed by atoms with Crippen molar-refractivity contribution in [2.45, 2.75) is 25.3 Å². The lowest BCUT2D eigenvalue weighted by Gasteiger charge is -2.24. The molecule has 15 heavy (non-hydrogen) atoms. The molecule has 4 heteroatoms. The first-order valence-electron chi connectivity index (χ1n) is 5.74. The summed E-state index contributed by atoms with van der Waals surface area (Å²) in [5.41, 5.74) is 0. The monoisotopic (exact) mass is 230 g/mol. The molecule has 2 rings (SSSR count). The number of nitrogens with zero attached hydrogens (tertiary/aromatic N) is 2. The van der Waals surface area contributed by atoms with Crippen molar-refractivity contribution < 1.29 is 4.79 Å². The van der Waals surface area contributed by atoms with Crippen molar-refractivity contribution in [3.8, 4) is 0 Å². The Morgan fingerprint density at radius 2 is 2.20 bits per heavy atom. The van der Waals surface area contributed by atoms with Gasteiger partial charge in [-0.05, 0) is 38.8 Å². The lowest BCUT2D eigenvalue weighted by molar-refractivity contribution is -0.129. The zero-order valence-corrected chi connectivity index (χ0v) is 10.0. The fraction of sp³-hybridized carbons (Fsp3) is 0.909. The molecule has 2 fully saturated rings. The summed E-state index contributed by atoms with van der Waals surface area (Å²) in [6, 6.07) is 0.502. The first-order valence-corrected chi connectivity index (χ1v) is 6.28. The quantitative estimate of drug-likeness (QED) is 0.677. The minimum Gasteiger partial charge on any atom is -0.338 e. The van der Waals surface area contributed by atoms with Gasteiger partial charge >= 0.3 is 0 Å². The Hall–Kier alpha value is -0.280. The van der Waals surface area contributed by atoms with Crippen LogP contribution in [0.15, 0.2) is 0 Å². The lowest BCUT2D eigenvalue weighted by Crippen LogP contribution is -2.38. The van der Waals surface area contributed by atoms with Crippen LogP contribution in [-0.2, 0) is 4.79 Å². The molecule has 1 aliphatic heterocycles. The maximum atomic E-state index is 11.6. The van der Waals surface area contributed by atoms with Gasteiger partial charge in [0.25, 0.3) is 0 Å². The van der Waals surface area contributed by atoms with E-state index in [9.17, 15) is 4.79 Å². The molecule has 0 aromatic heterocycles. The van der Waals surface area contributed by atoms with Crippen LogP contribution in [0.5, 0.6) is 0 Å². The number of carbonyl (C=O) groups is 1. The van der Waals surface area contributed by atoms with Gasteiger partial charge in [-0.15, -0.1) is 11.6 Å². The van der Waals surface area contributed by atoms with Gasteiger partial charge in [-0.25, -0.2) is 0 Å². The maximum absolute atomic E-state index is 11.6. The van der Waals surface area contributed by atoms with E-state index in [4.69, 9.17) is 11.6 Å². The fourth-order valence-electron chi connectivity index (χ4n) is 2.37. The molecule has 0 radical (unpaired) electrons. The van der Waals surface area contributed by atoms with Crippen LogP contribution in [0, 0.1) is 5.92 Å². The van der Waals surface area contributed by atoms with Gasteiger partial charge in [0, 0.05) is 19.1 Å². The number of hydrogen-bond acceptors (Lipinski definition) is 2. The Labute approximate surface area is 96.4 Å². The molecule has 86 valence electrons. The van der Waals surface area contributed by atoms with E-state index in [0.717, 1.165) is 19.6 Å². The van der Waals surface area contributed by atoms with Crippen molar-refractivity contribution in [1.82, 2.24) is 9.80 Å². The smallest absolute Gasteiger partial charge is 0.237 e. The zero-order chi connectivity index (χ0) is 10.8. The second-order valence-corrected chi connectivity index (χ2v) is 5.10. The number of rotatable bonds is 4. The standard InChI is InChI=1S/C11H19ClN2O/c1-13-5-4-9(7-13)8-14(10-2-3-10)11(15)6-12/h9-10H,2-8H2,1H3/t9-/m1/s1. The molecular weight excluding hydrogens is 212 g/mol. The maximum Gasteiger partial charge on any atom is 0.237 e. The number of carbonyl (C=O) groups excluding carboxylic acids is 1. The molecule has 1 aliphatic carbocycles. The van der Waals surface area contributed by atoms with Crippen molar-refractivity contribution in [3.05, 3.63) is 0 Å². The summed E-state index contributed by atoms with van der Waals surface area (Å²) in [6.07, 6.45) is 3.56. The summed E-state index contributed by atoms with van der Waals surface area (Å²) < 4.78 is 0. The van der Waals surface area contributed by atoms with Gasteiger partial charge < -0.3 is 9.80 Å². The number of halogens is 1. The molecule has 1 amide bonds. The topological polar surface area (TPSA) is 23.6 Å². The van der Waals surface area contributed by atoms with E-state index in [0.29, 0.717) is 12.0 Å². The molecular formula is C11H19ClN2O. The molecule has 1 atom stereocenters. The molecule has 0 spiro atoms. The molecule has 1 heterocycles. The number of likely N-dealkylation sites (tertiary alicyclic amines) is 1. The van der Waals surface area contributed by atoms with Crippen molar-refractivity contribution in [1.29, 1.82) is 0 Å². The van der Waals surface area contributed by atoms with Gasteiger partial charge in [-0.2, -0.15) is 0 Å².